The van der Waals surface area contributed by atoms with E-state index in [2.05, 4.69) is 5.32 Å². The van der Waals surface area contributed by atoms with E-state index in [0.29, 0.717) is 19.6 Å². The van der Waals surface area contributed by atoms with Gasteiger partial charge in [-0.05, 0) is 48.7 Å². The Kier molecular flexibility index (Phi) is 7.56. The third-order valence-corrected chi connectivity index (χ3v) is 7.41. The van der Waals surface area contributed by atoms with E-state index in [4.69, 9.17) is 4.74 Å². The zero-order valence-electron chi connectivity index (χ0n) is 18.4. The van der Waals surface area contributed by atoms with Crippen molar-refractivity contribution < 1.29 is 17.9 Å². The maximum Gasteiger partial charge on any atom is 0.251 e. The van der Waals surface area contributed by atoms with Crippen LogP contribution in [0.3, 0.4) is 0 Å². The second-order valence-electron chi connectivity index (χ2n) is 7.93. The predicted molar refractivity (Wildman–Crippen MR) is 122 cm³/mol. The molecule has 168 valence electrons. The number of anilines is 1. The Morgan fingerprint density at radius 2 is 1.77 bits per heavy atom. The molecular formula is C23H31N3O4S. The molecule has 3 rings (SSSR count). The summed E-state index contributed by atoms with van der Waals surface area (Å²) < 4.78 is 33.4. The number of rotatable bonds is 7. The minimum Gasteiger partial charge on any atom is -0.495 e. The molecule has 0 saturated carbocycles. The van der Waals surface area contributed by atoms with E-state index in [1.54, 1.807) is 12.1 Å². The number of ether oxygens (including phenoxy) is 1. The van der Waals surface area contributed by atoms with Crippen LogP contribution < -0.4 is 15.0 Å². The summed E-state index contributed by atoms with van der Waals surface area (Å²) in [5.41, 5.74) is 2.30. The summed E-state index contributed by atoms with van der Waals surface area (Å²) in [6, 6.07) is 12.4. The minimum atomic E-state index is -3.74. The van der Waals surface area contributed by atoms with Crippen molar-refractivity contribution in [2.45, 2.75) is 37.1 Å². The van der Waals surface area contributed by atoms with Gasteiger partial charge in [0.15, 0.2) is 0 Å². The monoisotopic (exact) mass is 445 g/mol. The van der Waals surface area contributed by atoms with Crippen molar-refractivity contribution in [3.05, 3.63) is 53.6 Å². The number of carbonyl (C=O) groups excluding carboxylic acids is 1. The Balaban J connectivity index is 1.80. The van der Waals surface area contributed by atoms with Crippen LogP contribution >= 0.6 is 0 Å². The van der Waals surface area contributed by atoms with Crippen molar-refractivity contribution in [1.29, 1.82) is 0 Å². The first-order chi connectivity index (χ1) is 14.8. The van der Waals surface area contributed by atoms with Gasteiger partial charge in [0.1, 0.15) is 10.6 Å². The maximum absolute atomic E-state index is 13.3. The quantitative estimate of drug-likeness (QED) is 0.708. The van der Waals surface area contributed by atoms with Gasteiger partial charge < -0.3 is 15.0 Å². The molecule has 31 heavy (non-hydrogen) atoms. The number of nitrogens with one attached hydrogen (secondary N) is 1. The van der Waals surface area contributed by atoms with Crippen molar-refractivity contribution in [3.63, 3.8) is 0 Å². The van der Waals surface area contributed by atoms with Crippen LogP contribution in [0.25, 0.3) is 0 Å². The van der Waals surface area contributed by atoms with Gasteiger partial charge in [0.25, 0.3) is 5.91 Å². The zero-order chi connectivity index (χ0) is 22.4. The molecule has 1 heterocycles. The van der Waals surface area contributed by atoms with Gasteiger partial charge >= 0.3 is 0 Å². The molecule has 1 N–H and O–H groups in total. The maximum atomic E-state index is 13.3. The van der Waals surface area contributed by atoms with E-state index < -0.39 is 10.0 Å². The van der Waals surface area contributed by atoms with E-state index in [-0.39, 0.29) is 22.1 Å². The zero-order valence-corrected chi connectivity index (χ0v) is 19.2. The summed E-state index contributed by atoms with van der Waals surface area (Å²) in [6.45, 7) is 1.33. The number of nitrogens with zero attached hydrogens (tertiary/aromatic N) is 2. The smallest absolute Gasteiger partial charge is 0.251 e. The summed E-state index contributed by atoms with van der Waals surface area (Å²) >= 11 is 0. The molecular weight excluding hydrogens is 414 g/mol. The highest BCUT2D eigenvalue weighted by Gasteiger charge is 2.29. The average molecular weight is 446 g/mol. The molecule has 2 aromatic rings. The lowest BCUT2D eigenvalue weighted by Crippen LogP contribution is -2.32. The fourth-order valence-corrected chi connectivity index (χ4v) is 5.37. The number of methoxy groups -OCH3 is 1. The van der Waals surface area contributed by atoms with E-state index in [0.717, 1.165) is 36.9 Å². The average Bonchev–Trinajstić information content (AvgIpc) is 3.07. The lowest BCUT2D eigenvalue weighted by molar-refractivity contribution is 0.0950. The highest BCUT2D eigenvalue weighted by molar-refractivity contribution is 7.89. The van der Waals surface area contributed by atoms with Crippen LogP contribution in [0.5, 0.6) is 5.75 Å². The van der Waals surface area contributed by atoms with Gasteiger partial charge in [0.05, 0.1) is 7.11 Å². The Morgan fingerprint density at radius 3 is 2.42 bits per heavy atom. The molecule has 7 nitrogen and oxygen atoms in total. The van der Waals surface area contributed by atoms with Gasteiger partial charge in [0, 0.05) is 45.0 Å². The molecule has 1 amide bonds. The summed E-state index contributed by atoms with van der Waals surface area (Å²) in [5.74, 6) is -0.0790. The van der Waals surface area contributed by atoms with Crippen LogP contribution in [0, 0.1) is 0 Å². The Labute approximate surface area is 185 Å². The number of sulfonamides is 1. The lowest BCUT2D eigenvalue weighted by atomic mass is 10.1. The fraction of sp³-hybridized carbons (Fsp3) is 0.435. The lowest BCUT2D eigenvalue weighted by Gasteiger charge is -2.21. The topological polar surface area (TPSA) is 79.0 Å². The second kappa shape index (κ2) is 10.2. The summed E-state index contributed by atoms with van der Waals surface area (Å²) in [7, 11) is 1.61. The molecule has 1 aliphatic rings. The van der Waals surface area contributed by atoms with Crippen LogP contribution in [0.4, 0.5) is 5.69 Å². The summed E-state index contributed by atoms with van der Waals surface area (Å²) in [5, 5.41) is 2.88. The van der Waals surface area contributed by atoms with Gasteiger partial charge in [-0.25, -0.2) is 8.42 Å². The highest BCUT2D eigenvalue weighted by atomic mass is 32.2. The fourth-order valence-electron chi connectivity index (χ4n) is 3.67. The van der Waals surface area contributed by atoms with Gasteiger partial charge in [-0.2, -0.15) is 4.31 Å². The van der Waals surface area contributed by atoms with Crippen LogP contribution in [-0.2, 0) is 16.6 Å². The molecule has 0 bridgehead atoms. The first-order valence-corrected chi connectivity index (χ1v) is 12.0. The molecule has 2 aromatic carbocycles. The molecule has 0 spiro atoms. The van der Waals surface area contributed by atoms with E-state index >= 15 is 0 Å². The molecule has 0 atom stereocenters. The molecule has 1 aliphatic heterocycles. The van der Waals surface area contributed by atoms with Crippen LogP contribution in [0.15, 0.2) is 47.4 Å². The third-order valence-electron chi connectivity index (χ3n) is 5.49. The first-order valence-electron chi connectivity index (χ1n) is 10.6. The largest absolute Gasteiger partial charge is 0.495 e. The second-order valence-corrected chi connectivity index (χ2v) is 9.84. The minimum absolute atomic E-state index is 0.0409. The Morgan fingerprint density at radius 1 is 1.06 bits per heavy atom. The van der Waals surface area contributed by atoms with Gasteiger partial charge in [-0.1, -0.05) is 25.0 Å². The van der Waals surface area contributed by atoms with E-state index in [1.807, 2.05) is 43.3 Å². The molecule has 0 aliphatic carbocycles. The standard InChI is InChI=1S/C23H31N3O4S/c1-25(2)20-10-8-9-18(15-20)17-24-23(27)19-11-12-21(30-3)22(16-19)31(28,29)26-13-6-4-5-7-14-26/h8-12,15-16H,4-7,13-14,17H2,1-3H3,(H,24,27). The number of amides is 1. The summed E-state index contributed by atoms with van der Waals surface area (Å²) in [4.78, 5) is 14.8. The van der Waals surface area contributed by atoms with Gasteiger partial charge in [-0.15, -0.1) is 0 Å². The number of hydrogen-bond acceptors (Lipinski definition) is 5. The third kappa shape index (κ3) is 5.57. The van der Waals surface area contributed by atoms with Crippen LogP contribution in [0.2, 0.25) is 0 Å². The molecule has 0 radical (unpaired) electrons. The summed E-state index contributed by atoms with van der Waals surface area (Å²) in [6.07, 6.45) is 3.74. The normalized spacial score (nSPS) is 15.2. The molecule has 1 saturated heterocycles. The van der Waals surface area contributed by atoms with Crippen molar-refractivity contribution in [1.82, 2.24) is 9.62 Å². The number of carbonyl (C=O) groups is 1. The van der Waals surface area contributed by atoms with E-state index in [1.165, 1.54) is 17.5 Å². The van der Waals surface area contributed by atoms with Crippen LogP contribution in [-0.4, -0.2) is 52.9 Å². The molecule has 0 aromatic heterocycles. The van der Waals surface area contributed by atoms with Gasteiger partial charge in [0.2, 0.25) is 10.0 Å². The number of benzene rings is 2. The van der Waals surface area contributed by atoms with E-state index in [9.17, 15) is 13.2 Å². The highest BCUT2D eigenvalue weighted by Crippen LogP contribution is 2.29. The van der Waals surface area contributed by atoms with Crippen molar-refractivity contribution in [2.24, 2.45) is 0 Å². The molecule has 8 heteroatoms. The SMILES string of the molecule is COc1ccc(C(=O)NCc2cccc(N(C)C)c2)cc1S(=O)(=O)N1CCCCCC1. The molecule has 0 unspecified atom stereocenters. The number of hydrogen-bond donors (Lipinski definition) is 1. The van der Waals surface area contributed by atoms with Crippen molar-refractivity contribution >= 4 is 21.6 Å². The Hall–Kier alpha value is -2.58. The molecule has 1 fully saturated rings. The van der Waals surface area contributed by atoms with Crippen LogP contribution in [0.1, 0.15) is 41.6 Å². The van der Waals surface area contributed by atoms with Crippen molar-refractivity contribution in [2.75, 3.05) is 39.2 Å². The predicted octanol–water partition coefficient (Wildman–Crippen LogP) is 3.26. The Bertz CT molecular complexity index is 1010. The van der Waals surface area contributed by atoms with Gasteiger partial charge in [-0.3, -0.25) is 4.79 Å². The van der Waals surface area contributed by atoms with Crippen molar-refractivity contribution in [3.8, 4) is 5.75 Å². The first kappa shape index (κ1) is 23.1.